The maximum Gasteiger partial charge on any atom is 0.278 e. The highest BCUT2D eigenvalue weighted by molar-refractivity contribution is 6.41. The van der Waals surface area contributed by atoms with Crippen molar-refractivity contribution in [1.29, 1.82) is 0 Å². The molecule has 0 unspecified atom stereocenters. The van der Waals surface area contributed by atoms with Gasteiger partial charge in [0, 0.05) is 36.8 Å². The van der Waals surface area contributed by atoms with Crippen LogP contribution in [0, 0.1) is 5.82 Å². The first kappa shape index (κ1) is 20.8. The van der Waals surface area contributed by atoms with Crippen molar-refractivity contribution in [3.05, 3.63) is 75.2 Å². The van der Waals surface area contributed by atoms with Crippen LogP contribution < -0.4 is 0 Å². The zero-order chi connectivity index (χ0) is 21.4. The predicted octanol–water partition coefficient (Wildman–Crippen LogP) is 3.66. The fraction of sp³-hybridized carbons (Fsp3) is 0.273. The van der Waals surface area contributed by atoms with Gasteiger partial charge in [0.2, 0.25) is 0 Å². The number of nitrogens with zero attached hydrogens (tertiary/aromatic N) is 3. The smallest absolute Gasteiger partial charge is 0.278 e. The van der Waals surface area contributed by atoms with Crippen LogP contribution in [0.5, 0.6) is 0 Å². The molecule has 2 aliphatic heterocycles. The predicted molar refractivity (Wildman–Crippen MR) is 114 cm³/mol. The van der Waals surface area contributed by atoms with Crippen molar-refractivity contribution >= 4 is 40.6 Å². The summed E-state index contributed by atoms with van der Waals surface area (Å²) >= 11 is 12.4. The molecule has 0 N–H and O–H groups in total. The van der Waals surface area contributed by atoms with Crippen LogP contribution in [0.15, 0.2) is 48.2 Å². The Morgan fingerprint density at radius 1 is 0.933 bits per heavy atom. The van der Waals surface area contributed by atoms with E-state index >= 15 is 0 Å². The van der Waals surface area contributed by atoms with Gasteiger partial charge >= 0.3 is 0 Å². The lowest BCUT2D eigenvalue weighted by Crippen LogP contribution is -2.46. The number of carbonyl (C=O) groups excluding carboxylic acids is 2. The maximum atomic E-state index is 13.4. The Hall–Kier alpha value is -2.41. The van der Waals surface area contributed by atoms with Crippen molar-refractivity contribution in [2.24, 2.45) is 0 Å². The van der Waals surface area contributed by atoms with E-state index in [-0.39, 0.29) is 23.8 Å². The molecular formula is C22H20Cl2FN3O2. The van der Waals surface area contributed by atoms with Gasteiger partial charge in [-0.05, 0) is 36.9 Å². The molecule has 2 aromatic rings. The molecule has 0 radical (unpaired) electrons. The Morgan fingerprint density at radius 2 is 1.60 bits per heavy atom. The molecule has 1 saturated heterocycles. The number of hydrogen-bond donors (Lipinski definition) is 0. The standard InChI is InChI=1S/C22H20Cl2FN3O2/c1-26-8-10-27(11-9-26)20-19(17-7-4-15(23)12-18(17)24)21(29)28(22(20)30)13-14-2-5-16(25)6-3-14/h2-7,12H,8-11,13H2,1H3. The van der Waals surface area contributed by atoms with Crippen molar-refractivity contribution in [2.75, 3.05) is 33.2 Å². The molecule has 0 bridgehead atoms. The van der Waals surface area contributed by atoms with E-state index in [1.807, 2.05) is 11.9 Å². The minimum Gasteiger partial charge on any atom is -0.364 e. The number of likely N-dealkylation sites (N-methyl/N-ethyl adjacent to an activating group) is 1. The Labute approximate surface area is 184 Å². The summed E-state index contributed by atoms with van der Waals surface area (Å²) in [5.41, 5.74) is 1.79. The van der Waals surface area contributed by atoms with Crippen LogP contribution in [-0.2, 0) is 16.1 Å². The van der Waals surface area contributed by atoms with Crippen LogP contribution in [0.1, 0.15) is 11.1 Å². The SMILES string of the molecule is CN1CCN(C2=C(c3ccc(Cl)cc3Cl)C(=O)N(Cc3ccc(F)cc3)C2=O)CC1. The Bertz CT molecular complexity index is 1030. The summed E-state index contributed by atoms with van der Waals surface area (Å²) < 4.78 is 13.3. The highest BCUT2D eigenvalue weighted by Gasteiger charge is 2.42. The highest BCUT2D eigenvalue weighted by Crippen LogP contribution is 2.37. The summed E-state index contributed by atoms with van der Waals surface area (Å²) in [6.07, 6.45) is 0. The first-order valence-electron chi connectivity index (χ1n) is 9.59. The molecule has 0 atom stereocenters. The number of carbonyl (C=O) groups is 2. The van der Waals surface area contributed by atoms with E-state index in [1.54, 1.807) is 30.3 Å². The molecule has 0 saturated carbocycles. The number of hydrogen-bond acceptors (Lipinski definition) is 4. The number of halogens is 3. The molecule has 0 spiro atoms. The number of benzene rings is 2. The Balaban J connectivity index is 1.75. The van der Waals surface area contributed by atoms with Crippen LogP contribution in [0.4, 0.5) is 4.39 Å². The molecule has 1 fully saturated rings. The number of amides is 2. The number of piperazine rings is 1. The van der Waals surface area contributed by atoms with Crippen molar-refractivity contribution < 1.29 is 14.0 Å². The maximum absolute atomic E-state index is 13.4. The second-order valence-electron chi connectivity index (χ2n) is 7.46. The van der Waals surface area contributed by atoms with Crippen molar-refractivity contribution in [2.45, 2.75) is 6.54 Å². The average molecular weight is 448 g/mol. The van der Waals surface area contributed by atoms with E-state index in [0.717, 1.165) is 13.1 Å². The largest absolute Gasteiger partial charge is 0.364 e. The van der Waals surface area contributed by atoms with E-state index < -0.39 is 5.91 Å². The molecule has 0 aromatic heterocycles. The zero-order valence-electron chi connectivity index (χ0n) is 16.4. The zero-order valence-corrected chi connectivity index (χ0v) is 17.9. The van der Waals surface area contributed by atoms with Crippen LogP contribution in [0.25, 0.3) is 5.57 Å². The summed E-state index contributed by atoms with van der Waals surface area (Å²) in [4.78, 5) is 32.1. The molecule has 2 heterocycles. The molecule has 2 amide bonds. The second kappa shape index (κ2) is 8.38. The fourth-order valence-corrected chi connectivity index (χ4v) is 4.24. The van der Waals surface area contributed by atoms with Crippen LogP contribution in [-0.4, -0.2) is 59.7 Å². The number of rotatable bonds is 4. The van der Waals surface area contributed by atoms with Gasteiger partial charge in [-0.25, -0.2) is 4.39 Å². The summed E-state index contributed by atoms with van der Waals surface area (Å²) in [6, 6.07) is 10.6. The first-order valence-corrected chi connectivity index (χ1v) is 10.3. The topological polar surface area (TPSA) is 43.9 Å². The normalized spacial score (nSPS) is 18.0. The van der Waals surface area contributed by atoms with Gasteiger partial charge in [-0.1, -0.05) is 41.4 Å². The van der Waals surface area contributed by atoms with E-state index in [9.17, 15) is 14.0 Å². The molecule has 8 heteroatoms. The van der Waals surface area contributed by atoms with Gasteiger partial charge < -0.3 is 9.80 Å². The second-order valence-corrected chi connectivity index (χ2v) is 8.30. The molecule has 5 nitrogen and oxygen atoms in total. The number of imide groups is 1. The minimum absolute atomic E-state index is 0.0594. The third-order valence-electron chi connectivity index (χ3n) is 5.42. The lowest BCUT2D eigenvalue weighted by atomic mass is 10.0. The van der Waals surface area contributed by atoms with Crippen molar-refractivity contribution in [3.63, 3.8) is 0 Å². The summed E-state index contributed by atoms with van der Waals surface area (Å²) in [7, 11) is 2.02. The first-order chi connectivity index (χ1) is 14.3. The van der Waals surface area contributed by atoms with Gasteiger partial charge in [-0.3, -0.25) is 14.5 Å². The highest BCUT2D eigenvalue weighted by atomic mass is 35.5. The monoisotopic (exact) mass is 447 g/mol. The molecule has 4 rings (SSSR count). The van der Waals surface area contributed by atoms with E-state index in [4.69, 9.17) is 23.2 Å². The van der Waals surface area contributed by atoms with E-state index in [2.05, 4.69) is 4.90 Å². The Morgan fingerprint density at radius 3 is 2.23 bits per heavy atom. The van der Waals surface area contributed by atoms with Crippen LogP contribution in [0.2, 0.25) is 10.0 Å². The van der Waals surface area contributed by atoms with Crippen molar-refractivity contribution in [1.82, 2.24) is 14.7 Å². The quantitative estimate of drug-likeness (QED) is 0.670. The van der Waals surface area contributed by atoms with E-state index in [1.165, 1.54) is 17.0 Å². The van der Waals surface area contributed by atoms with Gasteiger partial charge in [0.1, 0.15) is 11.5 Å². The molecule has 0 aliphatic carbocycles. The van der Waals surface area contributed by atoms with Gasteiger partial charge in [0.15, 0.2) is 0 Å². The van der Waals surface area contributed by atoms with E-state index in [0.29, 0.717) is 40.0 Å². The van der Waals surface area contributed by atoms with Crippen LogP contribution >= 0.6 is 23.2 Å². The van der Waals surface area contributed by atoms with Crippen molar-refractivity contribution in [3.8, 4) is 0 Å². The lowest BCUT2D eigenvalue weighted by Gasteiger charge is -2.34. The average Bonchev–Trinajstić information content (AvgIpc) is 2.95. The summed E-state index contributed by atoms with van der Waals surface area (Å²) in [5.74, 6) is -1.15. The summed E-state index contributed by atoms with van der Waals surface area (Å²) in [6.45, 7) is 2.88. The van der Waals surface area contributed by atoms with Crippen LogP contribution in [0.3, 0.4) is 0 Å². The third-order valence-corrected chi connectivity index (χ3v) is 5.97. The molecule has 2 aromatic carbocycles. The van der Waals surface area contributed by atoms with Gasteiger partial charge in [0.25, 0.3) is 11.8 Å². The fourth-order valence-electron chi connectivity index (χ4n) is 3.74. The summed E-state index contributed by atoms with van der Waals surface area (Å²) in [5, 5.41) is 0.763. The molecular weight excluding hydrogens is 428 g/mol. The van der Waals surface area contributed by atoms with Gasteiger partial charge in [0.05, 0.1) is 17.1 Å². The lowest BCUT2D eigenvalue weighted by molar-refractivity contribution is -0.138. The molecule has 156 valence electrons. The van der Waals surface area contributed by atoms with Gasteiger partial charge in [-0.15, -0.1) is 0 Å². The molecule has 30 heavy (non-hydrogen) atoms. The Kier molecular flexibility index (Phi) is 5.82. The molecule has 2 aliphatic rings. The minimum atomic E-state index is -0.414. The van der Waals surface area contributed by atoms with Gasteiger partial charge in [-0.2, -0.15) is 0 Å². The third kappa shape index (κ3) is 3.95.